The molecule has 0 spiro atoms. The van der Waals surface area contributed by atoms with Crippen LogP contribution in [0.15, 0.2) is 65.7 Å². The van der Waals surface area contributed by atoms with Crippen molar-refractivity contribution >= 4 is 50.8 Å². The second kappa shape index (κ2) is 12.9. The Balaban J connectivity index is 1.68. The Kier molecular flexibility index (Phi) is 10.1. The van der Waals surface area contributed by atoms with Crippen LogP contribution in [0.25, 0.3) is 11.3 Å². The van der Waals surface area contributed by atoms with Crippen molar-refractivity contribution in [2.45, 2.75) is 39.0 Å². The third-order valence-corrected chi connectivity index (χ3v) is 8.03. The highest BCUT2D eigenvalue weighted by atomic mass is 35.5. The van der Waals surface area contributed by atoms with E-state index in [2.05, 4.69) is 15.0 Å². The molecule has 39 heavy (non-hydrogen) atoms. The molecule has 3 aromatic rings. The first kappa shape index (κ1) is 30.6. The minimum Gasteiger partial charge on any atom is -0.466 e. The summed E-state index contributed by atoms with van der Waals surface area (Å²) in [7, 11) is -3.91. The molecule has 8 nitrogen and oxygen atoms in total. The lowest BCUT2D eigenvalue weighted by Crippen LogP contribution is -2.34. The maximum absolute atomic E-state index is 12.9. The number of benzene rings is 2. The van der Waals surface area contributed by atoms with Crippen molar-refractivity contribution in [2.24, 2.45) is 11.3 Å². The maximum Gasteiger partial charge on any atom is 0.311 e. The lowest BCUT2D eigenvalue weighted by atomic mass is 9.83. The van der Waals surface area contributed by atoms with Crippen molar-refractivity contribution in [3.63, 3.8) is 0 Å². The molecule has 0 aliphatic rings. The van der Waals surface area contributed by atoms with Crippen LogP contribution >= 0.6 is 23.2 Å². The number of nitrogens with zero attached hydrogens (tertiary/aromatic N) is 1. The van der Waals surface area contributed by atoms with Gasteiger partial charge in [-0.2, -0.15) is 0 Å². The van der Waals surface area contributed by atoms with E-state index in [1.54, 1.807) is 57.3 Å². The number of pyridine rings is 1. The van der Waals surface area contributed by atoms with Crippen LogP contribution in [0.5, 0.6) is 0 Å². The van der Waals surface area contributed by atoms with Gasteiger partial charge in [0.25, 0.3) is 5.91 Å². The number of nitrogens with one attached hydrogen (secondary N) is 2. The standard InChI is InChI=1S/C28H31Cl2N3O5S/c1-5-38-27(35)28(3,4)16-18(2)17-32-39(36,37)20-10-11-21(24(30)15-20)26(34)33-19-9-12-23(29)22(14-19)25-8-6-7-13-31-25/h6-15,18,32H,5,16-17H2,1-4H3,(H,33,34). The molecule has 0 aliphatic heterocycles. The molecule has 0 aliphatic carbocycles. The summed E-state index contributed by atoms with van der Waals surface area (Å²) >= 11 is 12.6. The van der Waals surface area contributed by atoms with Crippen molar-refractivity contribution in [3.8, 4) is 11.3 Å². The number of anilines is 1. The van der Waals surface area contributed by atoms with Crippen molar-refractivity contribution in [3.05, 3.63) is 76.4 Å². The van der Waals surface area contributed by atoms with Crippen molar-refractivity contribution in [1.82, 2.24) is 9.71 Å². The van der Waals surface area contributed by atoms with Gasteiger partial charge in [0.15, 0.2) is 0 Å². The molecule has 2 aromatic carbocycles. The number of halogens is 2. The van der Waals surface area contributed by atoms with Gasteiger partial charge in [-0.1, -0.05) is 36.2 Å². The zero-order valence-corrected chi connectivity index (χ0v) is 24.5. The van der Waals surface area contributed by atoms with Crippen LogP contribution in [-0.2, 0) is 19.6 Å². The number of rotatable bonds is 11. The van der Waals surface area contributed by atoms with Crippen LogP contribution in [-0.4, -0.2) is 38.4 Å². The van der Waals surface area contributed by atoms with Gasteiger partial charge in [0, 0.05) is 24.0 Å². The molecule has 3 rings (SSSR count). The number of aromatic nitrogens is 1. The molecule has 1 amide bonds. The van der Waals surface area contributed by atoms with Gasteiger partial charge in [0.1, 0.15) is 0 Å². The number of sulfonamides is 1. The topological polar surface area (TPSA) is 114 Å². The third kappa shape index (κ3) is 8.02. The van der Waals surface area contributed by atoms with E-state index in [0.717, 1.165) is 0 Å². The van der Waals surface area contributed by atoms with E-state index in [0.29, 0.717) is 28.4 Å². The Morgan fingerprint density at radius 3 is 2.44 bits per heavy atom. The summed E-state index contributed by atoms with van der Waals surface area (Å²) in [5.74, 6) is -0.983. The van der Waals surface area contributed by atoms with Crippen LogP contribution in [0.1, 0.15) is 44.5 Å². The zero-order chi connectivity index (χ0) is 28.8. The van der Waals surface area contributed by atoms with Crippen LogP contribution in [0.4, 0.5) is 5.69 Å². The molecule has 0 saturated carbocycles. The van der Waals surface area contributed by atoms with Gasteiger partial charge in [0.2, 0.25) is 10.0 Å². The Morgan fingerprint density at radius 1 is 1.05 bits per heavy atom. The second-order valence-electron chi connectivity index (χ2n) is 9.77. The average Bonchev–Trinajstić information content (AvgIpc) is 2.89. The summed E-state index contributed by atoms with van der Waals surface area (Å²) in [5.41, 5.74) is 1.13. The van der Waals surface area contributed by atoms with Gasteiger partial charge in [-0.15, -0.1) is 0 Å². The predicted molar refractivity (Wildman–Crippen MR) is 153 cm³/mol. The predicted octanol–water partition coefficient (Wildman–Crippen LogP) is 6.20. The van der Waals surface area contributed by atoms with E-state index >= 15 is 0 Å². The third-order valence-electron chi connectivity index (χ3n) is 5.97. The average molecular weight is 593 g/mol. The monoisotopic (exact) mass is 591 g/mol. The number of amides is 1. The Labute approximate surface area is 239 Å². The molecule has 0 saturated heterocycles. The number of ether oxygens (including phenoxy) is 1. The fourth-order valence-corrected chi connectivity index (χ4v) is 5.79. The van der Waals surface area contributed by atoms with Crippen LogP contribution in [0.3, 0.4) is 0 Å². The largest absolute Gasteiger partial charge is 0.466 e. The SMILES string of the molecule is CCOC(=O)C(C)(C)CC(C)CNS(=O)(=O)c1ccc(C(=O)Nc2ccc(Cl)c(-c3ccccn3)c2)c(Cl)c1. The highest BCUT2D eigenvalue weighted by Gasteiger charge is 2.31. The highest BCUT2D eigenvalue weighted by molar-refractivity contribution is 7.89. The first-order chi connectivity index (χ1) is 18.3. The molecular formula is C28H31Cl2N3O5S. The van der Waals surface area contributed by atoms with Crippen molar-refractivity contribution in [1.29, 1.82) is 0 Å². The minimum atomic E-state index is -3.91. The molecule has 0 radical (unpaired) electrons. The summed E-state index contributed by atoms with van der Waals surface area (Å²) in [6, 6.07) is 14.3. The van der Waals surface area contributed by atoms with Gasteiger partial charge in [-0.05, 0) is 81.6 Å². The quantitative estimate of drug-likeness (QED) is 0.256. The molecule has 1 unspecified atom stereocenters. The molecule has 2 N–H and O–H groups in total. The molecule has 1 heterocycles. The number of hydrogen-bond acceptors (Lipinski definition) is 6. The lowest BCUT2D eigenvalue weighted by Gasteiger charge is -2.26. The highest BCUT2D eigenvalue weighted by Crippen LogP contribution is 2.30. The van der Waals surface area contributed by atoms with Crippen LogP contribution in [0.2, 0.25) is 10.0 Å². The molecule has 0 bridgehead atoms. The van der Waals surface area contributed by atoms with Crippen molar-refractivity contribution < 1.29 is 22.7 Å². The normalized spacial score (nSPS) is 12.6. The Bertz CT molecular complexity index is 1450. The summed E-state index contributed by atoms with van der Waals surface area (Å²) in [5, 5.41) is 3.22. The van der Waals surface area contributed by atoms with Gasteiger partial charge in [0.05, 0.1) is 38.2 Å². The summed E-state index contributed by atoms with van der Waals surface area (Å²) < 4.78 is 33.4. The number of hydrogen-bond donors (Lipinski definition) is 2. The summed E-state index contributed by atoms with van der Waals surface area (Å²) in [6.07, 6.45) is 2.08. The fraction of sp³-hybridized carbons (Fsp3) is 0.321. The van der Waals surface area contributed by atoms with Crippen molar-refractivity contribution in [2.75, 3.05) is 18.5 Å². The zero-order valence-electron chi connectivity index (χ0n) is 22.1. The Hall–Kier alpha value is -2.98. The van der Waals surface area contributed by atoms with E-state index in [4.69, 9.17) is 27.9 Å². The van der Waals surface area contributed by atoms with E-state index in [1.165, 1.54) is 18.2 Å². The van der Waals surface area contributed by atoms with Crippen LogP contribution < -0.4 is 10.0 Å². The van der Waals surface area contributed by atoms with E-state index < -0.39 is 21.3 Å². The molecular weight excluding hydrogens is 561 g/mol. The number of esters is 1. The summed E-state index contributed by atoms with van der Waals surface area (Å²) in [4.78, 5) is 29.3. The number of carbonyl (C=O) groups is 2. The smallest absolute Gasteiger partial charge is 0.311 e. The summed E-state index contributed by atoms with van der Waals surface area (Å²) in [6.45, 7) is 7.51. The first-order valence-electron chi connectivity index (χ1n) is 12.3. The Morgan fingerprint density at radius 2 is 1.79 bits per heavy atom. The second-order valence-corrected chi connectivity index (χ2v) is 12.4. The van der Waals surface area contributed by atoms with E-state index in [1.807, 2.05) is 13.0 Å². The first-order valence-corrected chi connectivity index (χ1v) is 14.6. The lowest BCUT2D eigenvalue weighted by molar-refractivity contribution is -0.154. The van der Waals surface area contributed by atoms with Gasteiger partial charge >= 0.3 is 5.97 Å². The minimum absolute atomic E-state index is 0.0224. The fourth-order valence-electron chi connectivity index (χ4n) is 4.06. The maximum atomic E-state index is 12.9. The number of carbonyl (C=O) groups excluding carboxylic acids is 2. The van der Waals surface area contributed by atoms with E-state index in [-0.39, 0.29) is 40.5 Å². The van der Waals surface area contributed by atoms with Gasteiger partial charge in [-0.25, -0.2) is 13.1 Å². The van der Waals surface area contributed by atoms with Crippen LogP contribution in [0, 0.1) is 11.3 Å². The van der Waals surface area contributed by atoms with E-state index in [9.17, 15) is 18.0 Å². The molecule has 208 valence electrons. The molecule has 0 fully saturated rings. The molecule has 11 heteroatoms. The molecule has 1 atom stereocenters. The van der Waals surface area contributed by atoms with Gasteiger partial charge < -0.3 is 10.1 Å². The molecule has 1 aromatic heterocycles. The van der Waals surface area contributed by atoms with Gasteiger partial charge in [-0.3, -0.25) is 14.6 Å².